The summed E-state index contributed by atoms with van der Waals surface area (Å²) in [6.07, 6.45) is 0.681. The van der Waals surface area contributed by atoms with E-state index in [-0.39, 0.29) is 24.2 Å². The number of hydrogen-bond donors (Lipinski definition) is 0. The van der Waals surface area contributed by atoms with Gasteiger partial charge in [-0.3, -0.25) is 4.98 Å². The lowest BCUT2D eigenvalue weighted by atomic mass is 10.2. The molecular weight excluding hydrogens is 494 g/mol. The number of halogens is 1. The minimum Gasteiger partial charge on any atom is -0.609 e. The third-order valence-electron chi connectivity index (χ3n) is 5.02. The smallest absolute Gasteiger partial charge is 0.510 e. The van der Waals surface area contributed by atoms with Crippen LogP contribution in [-0.4, -0.2) is 39.5 Å². The zero-order chi connectivity index (χ0) is 24.8. The highest BCUT2D eigenvalue weighted by atomic mass is 35.5. The summed E-state index contributed by atoms with van der Waals surface area (Å²) in [5, 5.41) is 0.656. The van der Waals surface area contributed by atoms with Crippen LogP contribution in [-0.2, 0) is 39.7 Å². The summed E-state index contributed by atoms with van der Waals surface area (Å²) in [5.74, 6) is 0.852. The van der Waals surface area contributed by atoms with Crippen molar-refractivity contribution < 1.29 is 28.3 Å². The van der Waals surface area contributed by atoms with Crippen molar-refractivity contribution >= 4 is 40.0 Å². The molecule has 182 valence electrons. The normalized spacial score (nSPS) is 11.8. The minimum atomic E-state index is -1.68. The van der Waals surface area contributed by atoms with Crippen LogP contribution in [0, 0.1) is 0 Å². The fourth-order valence-corrected chi connectivity index (χ4v) is 4.74. The standard InChI is InChI=1S/C24H22ClN3O6S/c1-31-21-10-11-26-19(22(21)32-2)14-35(30)23-27-18-12-17(25)8-9-20(18)28(23)15-34-24(29)33-13-16-6-4-3-5-7-16/h3-12H,13-15H2,1-2H3. The van der Waals surface area contributed by atoms with Crippen LogP contribution in [0.15, 0.2) is 66.0 Å². The van der Waals surface area contributed by atoms with Gasteiger partial charge in [-0.1, -0.05) is 41.9 Å². The van der Waals surface area contributed by atoms with Crippen LogP contribution in [0.5, 0.6) is 11.5 Å². The van der Waals surface area contributed by atoms with Crippen LogP contribution in [0.4, 0.5) is 4.79 Å². The van der Waals surface area contributed by atoms with Gasteiger partial charge in [0.25, 0.3) is 0 Å². The highest BCUT2D eigenvalue weighted by Gasteiger charge is 2.26. The molecule has 2 aromatic heterocycles. The van der Waals surface area contributed by atoms with E-state index >= 15 is 0 Å². The summed E-state index contributed by atoms with van der Waals surface area (Å²) in [5.41, 5.74) is 2.37. The van der Waals surface area contributed by atoms with Gasteiger partial charge in [-0.05, 0) is 23.8 Å². The molecule has 0 bridgehead atoms. The molecule has 0 spiro atoms. The molecule has 0 aliphatic rings. The quantitative estimate of drug-likeness (QED) is 0.233. The number of fused-ring (bicyclic) bond motifs is 1. The SMILES string of the molecule is COc1ccnc(C[S+]([O-])c2nc3cc(Cl)ccc3n2COC(=O)OCc2ccccc2)c1OC. The molecule has 11 heteroatoms. The predicted octanol–water partition coefficient (Wildman–Crippen LogP) is 4.72. The molecular formula is C24H22ClN3O6S. The first-order valence-corrected chi connectivity index (χ1v) is 12.1. The number of imidazole rings is 1. The second kappa shape index (κ2) is 11.3. The van der Waals surface area contributed by atoms with Crippen LogP contribution < -0.4 is 9.47 Å². The molecule has 0 aliphatic heterocycles. The summed E-state index contributed by atoms with van der Waals surface area (Å²) in [6, 6.07) is 15.9. The maximum absolute atomic E-state index is 13.4. The first-order chi connectivity index (χ1) is 17.0. The molecule has 1 atom stereocenters. The average Bonchev–Trinajstić information content (AvgIpc) is 3.24. The molecule has 0 aliphatic carbocycles. The number of ether oxygens (including phenoxy) is 4. The van der Waals surface area contributed by atoms with Crippen molar-refractivity contribution in [1.29, 1.82) is 0 Å². The van der Waals surface area contributed by atoms with Crippen molar-refractivity contribution in [3.8, 4) is 11.5 Å². The largest absolute Gasteiger partial charge is 0.609 e. The van der Waals surface area contributed by atoms with Crippen molar-refractivity contribution in [2.75, 3.05) is 14.2 Å². The Morgan fingerprint density at radius 3 is 2.63 bits per heavy atom. The third-order valence-corrected chi connectivity index (χ3v) is 6.51. The van der Waals surface area contributed by atoms with E-state index in [2.05, 4.69) is 9.97 Å². The van der Waals surface area contributed by atoms with E-state index in [0.717, 1.165) is 5.56 Å². The number of carbonyl (C=O) groups excluding carboxylic acids is 1. The molecule has 0 saturated heterocycles. The maximum atomic E-state index is 13.4. The van der Waals surface area contributed by atoms with Gasteiger partial charge in [-0.2, -0.15) is 4.98 Å². The Bertz CT molecular complexity index is 1320. The van der Waals surface area contributed by atoms with Gasteiger partial charge in [0.1, 0.15) is 12.3 Å². The molecule has 0 radical (unpaired) electrons. The molecule has 35 heavy (non-hydrogen) atoms. The number of nitrogens with zero attached hydrogens (tertiary/aromatic N) is 3. The third kappa shape index (κ3) is 5.79. The molecule has 0 N–H and O–H groups in total. The summed E-state index contributed by atoms with van der Waals surface area (Å²) in [7, 11) is 2.99. The second-order valence-corrected chi connectivity index (χ2v) is 9.02. The van der Waals surface area contributed by atoms with Crippen LogP contribution in [0.3, 0.4) is 0 Å². The van der Waals surface area contributed by atoms with Crippen molar-refractivity contribution in [1.82, 2.24) is 14.5 Å². The van der Waals surface area contributed by atoms with E-state index in [4.69, 9.17) is 30.5 Å². The summed E-state index contributed by atoms with van der Waals surface area (Å²) >= 11 is 4.44. The van der Waals surface area contributed by atoms with Gasteiger partial charge in [0.05, 0.1) is 25.3 Å². The van der Waals surface area contributed by atoms with Crippen molar-refractivity contribution in [2.45, 2.75) is 24.2 Å². The first-order valence-electron chi connectivity index (χ1n) is 10.4. The Morgan fingerprint density at radius 2 is 1.89 bits per heavy atom. The summed E-state index contributed by atoms with van der Waals surface area (Å²) in [4.78, 5) is 21.0. The molecule has 0 amide bonds. The van der Waals surface area contributed by atoms with E-state index in [9.17, 15) is 9.35 Å². The molecule has 1 unspecified atom stereocenters. The number of carbonyl (C=O) groups is 1. The van der Waals surface area contributed by atoms with Crippen LogP contribution in [0.25, 0.3) is 11.0 Å². The number of hydrogen-bond acceptors (Lipinski definition) is 8. The highest BCUT2D eigenvalue weighted by molar-refractivity contribution is 7.90. The Hall–Kier alpha value is -3.47. The zero-order valence-corrected chi connectivity index (χ0v) is 20.5. The molecule has 2 aromatic carbocycles. The Morgan fingerprint density at radius 1 is 1.09 bits per heavy atom. The molecule has 4 rings (SSSR count). The lowest BCUT2D eigenvalue weighted by Crippen LogP contribution is -2.17. The first kappa shape index (κ1) is 24.6. The fraction of sp³-hybridized carbons (Fsp3) is 0.208. The summed E-state index contributed by atoms with van der Waals surface area (Å²) < 4.78 is 36.1. The Kier molecular flexibility index (Phi) is 7.96. The Labute approximate surface area is 209 Å². The van der Waals surface area contributed by atoms with Crippen molar-refractivity contribution in [3.63, 3.8) is 0 Å². The Balaban J connectivity index is 1.55. The van der Waals surface area contributed by atoms with Gasteiger partial charge in [0.15, 0.2) is 24.0 Å². The van der Waals surface area contributed by atoms with E-state index in [1.807, 2.05) is 30.3 Å². The van der Waals surface area contributed by atoms with E-state index in [1.165, 1.54) is 18.8 Å². The van der Waals surface area contributed by atoms with Crippen LogP contribution in [0.2, 0.25) is 5.02 Å². The van der Waals surface area contributed by atoms with Gasteiger partial charge in [-0.15, -0.1) is 0 Å². The lowest BCUT2D eigenvalue weighted by molar-refractivity contribution is 0.0278. The highest BCUT2D eigenvalue weighted by Crippen LogP contribution is 2.32. The minimum absolute atomic E-state index is 0.00409. The van der Waals surface area contributed by atoms with Crippen molar-refractivity contribution in [2.24, 2.45) is 0 Å². The van der Waals surface area contributed by atoms with Gasteiger partial charge in [-0.25, -0.2) is 9.36 Å². The van der Waals surface area contributed by atoms with Gasteiger partial charge >= 0.3 is 11.3 Å². The van der Waals surface area contributed by atoms with Crippen molar-refractivity contribution in [3.05, 3.63) is 77.1 Å². The number of methoxy groups -OCH3 is 2. The lowest BCUT2D eigenvalue weighted by Gasteiger charge is -2.15. The molecule has 4 aromatic rings. The average molecular weight is 516 g/mol. The molecule has 0 fully saturated rings. The van der Waals surface area contributed by atoms with E-state index in [0.29, 0.717) is 33.2 Å². The van der Waals surface area contributed by atoms with Crippen LogP contribution >= 0.6 is 11.6 Å². The van der Waals surface area contributed by atoms with Gasteiger partial charge in [0, 0.05) is 28.5 Å². The van der Waals surface area contributed by atoms with Gasteiger partial charge < -0.3 is 23.5 Å². The van der Waals surface area contributed by atoms with E-state index in [1.54, 1.807) is 30.5 Å². The van der Waals surface area contributed by atoms with E-state index < -0.39 is 17.3 Å². The maximum Gasteiger partial charge on any atom is 0.510 e. The number of pyridine rings is 1. The number of aromatic nitrogens is 3. The predicted molar refractivity (Wildman–Crippen MR) is 130 cm³/mol. The monoisotopic (exact) mass is 515 g/mol. The molecule has 2 heterocycles. The summed E-state index contributed by atoms with van der Waals surface area (Å²) in [6.45, 7) is -0.185. The fourth-order valence-electron chi connectivity index (χ4n) is 3.40. The number of rotatable bonds is 9. The molecule has 9 nitrogen and oxygen atoms in total. The second-order valence-electron chi connectivity index (χ2n) is 7.24. The van der Waals surface area contributed by atoms with Gasteiger partial charge in [0.2, 0.25) is 0 Å². The number of benzene rings is 2. The topological polar surface area (TPSA) is 108 Å². The zero-order valence-electron chi connectivity index (χ0n) is 19.0. The van der Waals surface area contributed by atoms with Crippen LogP contribution in [0.1, 0.15) is 11.3 Å². The molecule has 0 saturated carbocycles.